The van der Waals surface area contributed by atoms with E-state index in [1.807, 2.05) is 19.3 Å². The second kappa shape index (κ2) is 11.4. The molecule has 3 heterocycles. The average molecular weight is 522 g/mol. The second-order valence-electron chi connectivity index (χ2n) is 7.30. The number of nitrogens with one attached hydrogen (secondary N) is 1. The van der Waals surface area contributed by atoms with E-state index in [4.69, 9.17) is 4.74 Å². The molecular weight excluding hydrogens is 491 g/mol. The van der Waals surface area contributed by atoms with E-state index in [2.05, 4.69) is 66.4 Å². The van der Waals surface area contributed by atoms with E-state index in [-0.39, 0.29) is 24.0 Å². The van der Waals surface area contributed by atoms with E-state index >= 15 is 0 Å². The lowest BCUT2D eigenvalue weighted by atomic mass is 10.2. The van der Waals surface area contributed by atoms with E-state index in [0.717, 1.165) is 64.3 Å². The van der Waals surface area contributed by atoms with Gasteiger partial charge in [0.2, 0.25) is 0 Å². The lowest BCUT2D eigenvalue weighted by Crippen LogP contribution is -2.52. The van der Waals surface area contributed by atoms with Crippen molar-refractivity contribution >= 4 is 41.4 Å². The molecule has 2 aliphatic rings. The fraction of sp³-hybridized carbons (Fsp3) is 0.455. The first-order valence-electron chi connectivity index (χ1n) is 10.4. The lowest BCUT2D eigenvalue weighted by molar-refractivity contribution is 0.122. The molecule has 162 valence electrons. The van der Waals surface area contributed by atoms with Crippen molar-refractivity contribution in [3.05, 3.63) is 54.2 Å². The van der Waals surface area contributed by atoms with Crippen LogP contribution in [0.15, 0.2) is 53.7 Å². The van der Waals surface area contributed by atoms with Crippen LogP contribution in [0.2, 0.25) is 0 Å². The fourth-order valence-corrected chi connectivity index (χ4v) is 3.95. The third kappa shape index (κ3) is 5.54. The number of piperazine rings is 1. The maximum Gasteiger partial charge on any atom is 0.194 e. The summed E-state index contributed by atoms with van der Waals surface area (Å²) in [6, 6.07) is 14.8. The van der Waals surface area contributed by atoms with Gasteiger partial charge in [-0.1, -0.05) is 24.3 Å². The molecule has 0 unspecified atom stereocenters. The van der Waals surface area contributed by atoms with Gasteiger partial charge in [0.05, 0.1) is 13.2 Å². The van der Waals surface area contributed by atoms with Gasteiger partial charge in [-0.25, -0.2) is 4.98 Å². The van der Waals surface area contributed by atoms with E-state index in [9.17, 15) is 0 Å². The van der Waals surface area contributed by atoms with E-state index < -0.39 is 0 Å². The fourth-order valence-electron chi connectivity index (χ4n) is 3.95. The van der Waals surface area contributed by atoms with Crippen molar-refractivity contribution in [1.82, 2.24) is 15.2 Å². The number of para-hydroxylation sites is 1. The smallest absolute Gasteiger partial charge is 0.194 e. The predicted molar refractivity (Wildman–Crippen MR) is 133 cm³/mol. The minimum absolute atomic E-state index is 0. The normalized spacial score (nSPS) is 17.5. The third-order valence-corrected chi connectivity index (χ3v) is 5.53. The van der Waals surface area contributed by atoms with Gasteiger partial charge in [0.25, 0.3) is 0 Å². The molecule has 0 bridgehead atoms. The first kappa shape index (κ1) is 22.6. The van der Waals surface area contributed by atoms with Gasteiger partial charge in [-0.2, -0.15) is 0 Å². The zero-order valence-electron chi connectivity index (χ0n) is 17.5. The summed E-state index contributed by atoms with van der Waals surface area (Å²) in [6.07, 6.45) is 1.87. The largest absolute Gasteiger partial charge is 0.378 e. The summed E-state index contributed by atoms with van der Waals surface area (Å²) < 4.78 is 5.48. The van der Waals surface area contributed by atoms with Gasteiger partial charge in [0, 0.05) is 70.3 Å². The first-order chi connectivity index (χ1) is 14.3. The maximum atomic E-state index is 5.48. The number of hydrogen-bond acceptors (Lipinski definition) is 5. The van der Waals surface area contributed by atoms with Gasteiger partial charge in [-0.15, -0.1) is 24.0 Å². The molecule has 30 heavy (non-hydrogen) atoms. The number of morpholine rings is 1. The highest BCUT2D eigenvalue weighted by molar-refractivity contribution is 14.0. The topological polar surface area (TPSA) is 56.2 Å². The van der Waals surface area contributed by atoms with E-state index in [0.29, 0.717) is 6.54 Å². The van der Waals surface area contributed by atoms with Crippen LogP contribution in [-0.2, 0) is 11.3 Å². The van der Waals surface area contributed by atoms with Crippen molar-refractivity contribution in [2.24, 2.45) is 4.99 Å². The highest BCUT2D eigenvalue weighted by Gasteiger charge is 2.21. The van der Waals surface area contributed by atoms with E-state index in [1.54, 1.807) is 0 Å². The van der Waals surface area contributed by atoms with Gasteiger partial charge in [0.1, 0.15) is 5.82 Å². The van der Waals surface area contributed by atoms with Crippen LogP contribution in [0.4, 0.5) is 11.5 Å². The number of aromatic nitrogens is 1. The maximum absolute atomic E-state index is 5.48. The summed E-state index contributed by atoms with van der Waals surface area (Å²) in [5.41, 5.74) is 2.49. The van der Waals surface area contributed by atoms with Crippen LogP contribution >= 0.6 is 24.0 Å². The standard InChI is InChI=1S/C22H30N6O.HI/c1-23-22(28-12-10-26(11-13-28)20-7-3-2-4-8-20)25-18-19-6-5-9-24-21(19)27-14-16-29-17-15-27;/h2-9H,10-18H2,1H3,(H,23,25);1H. The van der Waals surface area contributed by atoms with Crippen LogP contribution in [0.5, 0.6) is 0 Å². The van der Waals surface area contributed by atoms with E-state index in [1.165, 1.54) is 11.3 Å². The van der Waals surface area contributed by atoms with Crippen LogP contribution < -0.4 is 15.1 Å². The molecule has 0 atom stereocenters. The van der Waals surface area contributed by atoms with Crippen LogP contribution in [-0.4, -0.2) is 75.4 Å². The van der Waals surface area contributed by atoms with Crippen molar-refractivity contribution in [2.45, 2.75) is 6.54 Å². The highest BCUT2D eigenvalue weighted by atomic mass is 127. The molecule has 2 aromatic rings. The summed E-state index contributed by atoms with van der Waals surface area (Å²) in [4.78, 5) is 16.2. The number of hydrogen-bond donors (Lipinski definition) is 1. The number of ether oxygens (including phenoxy) is 1. The van der Waals surface area contributed by atoms with Crippen LogP contribution in [0.3, 0.4) is 0 Å². The van der Waals surface area contributed by atoms with Crippen molar-refractivity contribution < 1.29 is 4.74 Å². The molecule has 0 radical (unpaired) electrons. The zero-order valence-corrected chi connectivity index (χ0v) is 19.9. The lowest BCUT2D eigenvalue weighted by Gasteiger charge is -2.37. The minimum Gasteiger partial charge on any atom is -0.378 e. The number of nitrogens with zero attached hydrogens (tertiary/aromatic N) is 5. The zero-order chi connectivity index (χ0) is 19.9. The van der Waals surface area contributed by atoms with Crippen molar-refractivity contribution in [1.29, 1.82) is 0 Å². The summed E-state index contributed by atoms with van der Waals surface area (Å²) >= 11 is 0. The number of rotatable bonds is 4. The Morgan fingerprint density at radius 1 is 0.967 bits per heavy atom. The molecule has 7 nitrogen and oxygen atoms in total. The quantitative estimate of drug-likeness (QED) is 0.379. The Balaban J connectivity index is 0.00000256. The van der Waals surface area contributed by atoms with Gasteiger partial charge >= 0.3 is 0 Å². The van der Waals surface area contributed by atoms with Gasteiger partial charge in [-0.05, 0) is 18.2 Å². The molecule has 1 N–H and O–H groups in total. The predicted octanol–water partition coefficient (Wildman–Crippen LogP) is 2.43. The Hall–Kier alpha value is -2.07. The Morgan fingerprint density at radius 3 is 2.40 bits per heavy atom. The molecule has 2 fully saturated rings. The van der Waals surface area contributed by atoms with Gasteiger partial charge in [-0.3, -0.25) is 4.99 Å². The number of anilines is 2. The summed E-state index contributed by atoms with van der Waals surface area (Å²) in [5.74, 6) is 2.00. The molecule has 0 saturated carbocycles. The molecule has 2 saturated heterocycles. The van der Waals surface area contributed by atoms with Crippen molar-refractivity contribution in [3.63, 3.8) is 0 Å². The van der Waals surface area contributed by atoms with Crippen LogP contribution in [0, 0.1) is 0 Å². The average Bonchev–Trinajstić information content (AvgIpc) is 2.81. The molecule has 4 rings (SSSR count). The molecule has 1 aromatic heterocycles. The molecule has 0 spiro atoms. The van der Waals surface area contributed by atoms with Crippen molar-refractivity contribution in [3.8, 4) is 0 Å². The Kier molecular flexibility index (Phi) is 8.56. The van der Waals surface area contributed by atoms with Crippen LogP contribution in [0.25, 0.3) is 0 Å². The van der Waals surface area contributed by atoms with Crippen LogP contribution in [0.1, 0.15) is 5.56 Å². The summed E-state index contributed by atoms with van der Waals surface area (Å²) in [5, 5.41) is 3.55. The molecular formula is C22H31IN6O. The molecule has 0 amide bonds. The monoisotopic (exact) mass is 522 g/mol. The second-order valence-corrected chi connectivity index (χ2v) is 7.30. The molecule has 1 aromatic carbocycles. The Morgan fingerprint density at radius 2 is 1.70 bits per heavy atom. The highest BCUT2D eigenvalue weighted by Crippen LogP contribution is 2.19. The Labute approximate surface area is 196 Å². The SMILES string of the molecule is CN=C(NCc1cccnc1N1CCOCC1)N1CCN(c2ccccc2)CC1.I. The third-order valence-electron chi connectivity index (χ3n) is 5.53. The van der Waals surface area contributed by atoms with Crippen molar-refractivity contribution in [2.75, 3.05) is 69.3 Å². The minimum atomic E-state index is 0. The number of halogens is 1. The molecule has 8 heteroatoms. The Bertz CT molecular complexity index is 804. The first-order valence-corrected chi connectivity index (χ1v) is 10.4. The molecule has 2 aliphatic heterocycles. The van der Waals surface area contributed by atoms with Gasteiger partial charge < -0.3 is 24.8 Å². The number of pyridine rings is 1. The number of aliphatic imine (C=N–C) groups is 1. The summed E-state index contributed by atoms with van der Waals surface area (Å²) in [6.45, 7) is 7.92. The van der Waals surface area contributed by atoms with Gasteiger partial charge in [0.15, 0.2) is 5.96 Å². The molecule has 0 aliphatic carbocycles. The summed E-state index contributed by atoms with van der Waals surface area (Å²) in [7, 11) is 1.86. The number of benzene rings is 1. The number of guanidine groups is 1.